The Morgan fingerprint density at radius 2 is 2.00 bits per heavy atom. The monoisotopic (exact) mass is 256 g/mol. The van der Waals surface area contributed by atoms with Gasteiger partial charge in [-0.1, -0.05) is 18.2 Å². The summed E-state index contributed by atoms with van der Waals surface area (Å²) in [7, 11) is 0. The molecule has 1 heterocycles. The molecule has 0 radical (unpaired) electrons. The second kappa shape index (κ2) is 4.65. The van der Waals surface area contributed by atoms with Crippen molar-refractivity contribution in [1.82, 2.24) is 0 Å². The van der Waals surface area contributed by atoms with Gasteiger partial charge < -0.3 is 15.5 Å². The minimum absolute atomic E-state index is 0.311. The first-order valence-electron chi connectivity index (χ1n) is 5.98. The Morgan fingerprint density at radius 3 is 2.89 bits per heavy atom. The number of furan rings is 1. The number of hydrogen-bond donors (Lipinski definition) is 2. The van der Waals surface area contributed by atoms with Crippen LogP contribution in [0.3, 0.4) is 0 Å². The standard InChI is InChI=1S/C15H13FN2O/c16-11-5-6-13(17)14(7-11)18-8-10-9-19-15-4-2-1-3-12(10)15/h1-7,9,18H,8,17H2. The van der Waals surface area contributed by atoms with Gasteiger partial charge in [0.15, 0.2) is 0 Å². The summed E-state index contributed by atoms with van der Waals surface area (Å²) in [5, 5.41) is 4.17. The average molecular weight is 256 g/mol. The lowest BCUT2D eigenvalue weighted by Crippen LogP contribution is -2.02. The molecule has 2 aromatic carbocycles. The van der Waals surface area contributed by atoms with Crippen LogP contribution in [0, 0.1) is 5.82 Å². The maximum Gasteiger partial charge on any atom is 0.134 e. The number of nitrogens with two attached hydrogens (primary N) is 1. The summed E-state index contributed by atoms with van der Waals surface area (Å²) in [5.41, 5.74) is 8.75. The molecule has 0 spiro atoms. The molecule has 3 rings (SSSR count). The van der Waals surface area contributed by atoms with Crippen LogP contribution in [0.15, 0.2) is 53.1 Å². The molecule has 4 heteroatoms. The number of fused-ring (bicyclic) bond motifs is 1. The molecule has 3 aromatic rings. The lowest BCUT2D eigenvalue weighted by molar-refractivity contribution is 0.611. The number of hydrogen-bond acceptors (Lipinski definition) is 3. The van der Waals surface area contributed by atoms with Crippen molar-refractivity contribution in [2.75, 3.05) is 11.1 Å². The molecule has 0 aliphatic rings. The highest BCUT2D eigenvalue weighted by Crippen LogP contribution is 2.24. The highest BCUT2D eigenvalue weighted by molar-refractivity contribution is 5.81. The third-order valence-electron chi connectivity index (χ3n) is 3.05. The highest BCUT2D eigenvalue weighted by Gasteiger charge is 2.06. The van der Waals surface area contributed by atoms with Crippen molar-refractivity contribution in [2.24, 2.45) is 0 Å². The third kappa shape index (κ3) is 2.25. The van der Waals surface area contributed by atoms with E-state index in [9.17, 15) is 4.39 Å². The van der Waals surface area contributed by atoms with Crippen LogP contribution < -0.4 is 11.1 Å². The number of rotatable bonds is 3. The molecule has 0 fully saturated rings. The zero-order valence-corrected chi connectivity index (χ0v) is 10.2. The molecule has 3 N–H and O–H groups in total. The Hall–Kier alpha value is -2.49. The molecule has 0 saturated carbocycles. The molecule has 0 saturated heterocycles. The van der Waals surface area contributed by atoms with Gasteiger partial charge in [0, 0.05) is 17.5 Å². The normalized spacial score (nSPS) is 10.8. The largest absolute Gasteiger partial charge is 0.464 e. The highest BCUT2D eigenvalue weighted by atomic mass is 19.1. The molecule has 0 bridgehead atoms. The van der Waals surface area contributed by atoms with E-state index in [0.29, 0.717) is 17.9 Å². The fraction of sp³-hybridized carbons (Fsp3) is 0.0667. The van der Waals surface area contributed by atoms with Crippen molar-refractivity contribution in [3.05, 3.63) is 60.1 Å². The van der Waals surface area contributed by atoms with E-state index in [0.717, 1.165) is 16.5 Å². The van der Waals surface area contributed by atoms with Gasteiger partial charge in [-0.3, -0.25) is 0 Å². The Kier molecular flexibility index (Phi) is 2.83. The van der Waals surface area contributed by atoms with Crippen molar-refractivity contribution < 1.29 is 8.81 Å². The topological polar surface area (TPSA) is 51.2 Å². The summed E-state index contributed by atoms with van der Waals surface area (Å²) in [6, 6.07) is 12.1. The van der Waals surface area contributed by atoms with Crippen molar-refractivity contribution in [1.29, 1.82) is 0 Å². The predicted molar refractivity (Wildman–Crippen MR) is 74.4 cm³/mol. The van der Waals surface area contributed by atoms with E-state index < -0.39 is 0 Å². The molecule has 0 aliphatic heterocycles. The first-order valence-corrected chi connectivity index (χ1v) is 5.98. The summed E-state index contributed by atoms with van der Waals surface area (Å²) < 4.78 is 18.6. The van der Waals surface area contributed by atoms with Crippen LogP contribution in [-0.2, 0) is 6.54 Å². The van der Waals surface area contributed by atoms with Gasteiger partial charge >= 0.3 is 0 Å². The van der Waals surface area contributed by atoms with E-state index in [-0.39, 0.29) is 5.82 Å². The number of anilines is 2. The van der Waals surface area contributed by atoms with Crippen LogP contribution >= 0.6 is 0 Å². The second-order valence-corrected chi connectivity index (χ2v) is 4.34. The van der Waals surface area contributed by atoms with E-state index in [1.54, 1.807) is 12.3 Å². The average Bonchev–Trinajstić information content (AvgIpc) is 2.83. The molecule has 0 unspecified atom stereocenters. The van der Waals surface area contributed by atoms with E-state index in [4.69, 9.17) is 10.2 Å². The number of nitrogens with one attached hydrogen (secondary N) is 1. The molecule has 1 aromatic heterocycles. The molecular weight excluding hydrogens is 243 g/mol. The predicted octanol–water partition coefficient (Wildman–Crippen LogP) is 3.77. The summed E-state index contributed by atoms with van der Waals surface area (Å²) in [5.74, 6) is -0.311. The number of nitrogen functional groups attached to an aromatic ring is 1. The smallest absolute Gasteiger partial charge is 0.134 e. The molecule has 0 aliphatic carbocycles. The number of halogens is 1. The van der Waals surface area contributed by atoms with Gasteiger partial charge in [-0.05, 0) is 24.3 Å². The fourth-order valence-corrected chi connectivity index (χ4v) is 2.04. The minimum atomic E-state index is -0.311. The van der Waals surface area contributed by atoms with Gasteiger partial charge in [-0.2, -0.15) is 0 Å². The zero-order valence-electron chi connectivity index (χ0n) is 10.2. The first-order chi connectivity index (χ1) is 9.24. The minimum Gasteiger partial charge on any atom is -0.464 e. The Labute approximate surface area is 109 Å². The van der Waals surface area contributed by atoms with Crippen LogP contribution in [0.1, 0.15) is 5.56 Å². The van der Waals surface area contributed by atoms with Gasteiger partial charge in [0.05, 0.1) is 17.6 Å². The molecule has 19 heavy (non-hydrogen) atoms. The van der Waals surface area contributed by atoms with Crippen molar-refractivity contribution in [3.8, 4) is 0 Å². The van der Waals surface area contributed by atoms with Crippen LogP contribution in [0.2, 0.25) is 0 Å². The first kappa shape index (κ1) is 11.6. The summed E-state index contributed by atoms with van der Waals surface area (Å²) in [6.45, 7) is 0.532. The van der Waals surface area contributed by atoms with Gasteiger partial charge in [0.1, 0.15) is 11.4 Å². The quantitative estimate of drug-likeness (QED) is 0.701. The van der Waals surface area contributed by atoms with Gasteiger partial charge in [-0.15, -0.1) is 0 Å². The third-order valence-corrected chi connectivity index (χ3v) is 3.05. The Morgan fingerprint density at radius 1 is 1.16 bits per heavy atom. The summed E-state index contributed by atoms with van der Waals surface area (Å²) in [4.78, 5) is 0. The van der Waals surface area contributed by atoms with Gasteiger partial charge in [0.2, 0.25) is 0 Å². The Bertz CT molecular complexity index is 721. The SMILES string of the molecule is Nc1ccc(F)cc1NCc1coc2ccccc12. The van der Waals surface area contributed by atoms with E-state index in [1.807, 2.05) is 24.3 Å². The Balaban J connectivity index is 1.84. The zero-order chi connectivity index (χ0) is 13.2. The maximum absolute atomic E-state index is 13.2. The van der Waals surface area contributed by atoms with Crippen molar-refractivity contribution >= 4 is 22.3 Å². The fourth-order valence-electron chi connectivity index (χ4n) is 2.04. The molecule has 0 amide bonds. The van der Waals surface area contributed by atoms with Crippen LogP contribution in [0.5, 0.6) is 0 Å². The van der Waals surface area contributed by atoms with E-state index >= 15 is 0 Å². The van der Waals surface area contributed by atoms with Crippen LogP contribution in [0.4, 0.5) is 15.8 Å². The number of benzene rings is 2. The lowest BCUT2D eigenvalue weighted by atomic mass is 10.1. The summed E-state index contributed by atoms with van der Waals surface area (Å²) >= 11 is 0. The van der Waals surface area contributed by atoms with E-state index in [1.165, 1.54) is 12.1 Å². The van der Waals surface area contributed by atoms with Crippen molar-refractivity contribution in [3.63, 3.8) is 0 Å². The van der Waals surface area contributed by atoms with Gasteiger partial charge in [0.25, 0.3) is 0 Å². The van der Waals surface area contributed by atoms with E-state index in [2.05, 4.69) is 5.32 Å². The van der Waals surface area contributed by atoms with Gasteiger partial charge in [-0.25, -0.2) is 4.39 Å². The molecule has 3 nitrogen and oxygen atoms in total. The molecular formula is C15H13FN2O. The van der Waals surface area contributed by atoms with Crippen LogP contribution in [-0.4, -0.2) is 0 Å². The number of para-hydroxylation sites is 1. The summed E-state index contributed by atoms with van der Waals surface area (Å²) in [6.07, 6.45) is 1.70. The second-order valence-electron chi connectivity index (χ2n) is 4.34. The molecule has 96 valence electrons. The van der Waals surface area contributed by atoms with Crippen molar-refractivity contribution in [2.45, 2.75) is 6.54 Å². The maximum atomic E-state index is 13.2. The lowest BCUT2D eigenvalue weighted by Gasteiger charge is -2.08. The van der Waals surface area contributed by atoms with Crippen LogP contribution in [0.25, 0.3) is 11.0 Å². The molecule has 0 atom stereocenters.